The van der Waals surface area contributed by atoms with Crippen LogP contribution in [0, 0.1) is 13.8 Å². The number of fused-ring (bicyclic) bond motifs is 1. The molecule has 0 spiro atoms. The Labute approximate surface area is 122 Å². The average Bonchev–Trinajstić information content (AvgIpc) is 2.77. The third kappa shape index (κ3) is 2.08. The minimum absolute atomic E-state index is 0.215. The van der Waals surface area contributed by atoms with Gasteiger partial charge >= 0.3 is 0 Å². The molecule has 3 rings (SSSR count). The van der Waals surface area contributed by atoms with Gasteiger partial charge in [-0.1, -0.05) is 6.07 Å². The van der Waals surface area contributed by atoms with E-state index in [1.54, 1.807) is 18.2 Å². The van der Waals surface area contributed by atoms with E-state index in [0.717, 1.165) is 33.8 Å². The summed E-state index contributed by atoms with van der Waals surface area (Å²) in [5.41, 5.74) is 3.45. The second-order valence-corrected chi connectivity index (χ2v) is 5.24. The van der Waals surface area contributed by atoms with Crippen molar-refractivity contribution < 1.29 is 5.11 Å². The molecule has 1 aromatic carbocycles. The van der Waals surface area contributed by atoms with E-state index in [-0.39, 0.29) is 5.75 Å². The van der Waals surface area contributed by atoms with E-state index in [0.29, 0.717) is 0 Å². The van der Waals surface area contributed by atoms with Gasteiger partial charge in [-0.05, 0) is 26.0 Å². The largest absolute Gasteiger partial charge is 0.508 e. The molecular weight excluding hydrogens is 266 g/mol. The van der Waals surface area contributed by atoms with E-state index in [2.05, 4.69) is 15.3 Å². The van der Waals surface area contributed by atoms with Gasteiger partial charge in [-0.3, -0.25) is 0 Å². The van der Waals surface area contributed by atoms with Crippen LogP contribution in [0.1, 0.15) is 11.4 Å². The number of benzene rings is 1. The van der Waals surface area contributed by atoms with Crippen molar-refractivity contribution in [2.75, 3.05) is 19.0 Å². The minimum atomic E-state index is 0.215. The van der Waals surface area contributed by atoms with Crippen LogP contribution in [-0.4, -0.2) is 39.2 Å². The monoisotopic (exact) mass is 283 g/mol. The van der Waals surface area contributed by atoms with Gasteiger partial charge in [0.2, 0.25) is 0 Å². The lowest BCUT2D eigenvalue weighted by Gasteiger charge is -2.10. The fourth-order valence-corrected chi connectivity index (χ4v) is 2.49. The molecule has 2 heterocycles. The van der Waals surface area contributed by atoms with Gasteiger partial charge in [0, 0.05) is 20.2 Å². The van der Waals surface area contributed by atoms with Gasteiger partial charge in [-0.15, -0.1) is 5.10 Å². The molecule has 0 fully saturated rings. The van der Waals surface area contributed by atoms with Crippen LogP contribution in [0.2, 0.25) is 0 Å². The van der Waals surface area contributed by atoms with Gasteiger partial charge in [0.25, 0.3) is 0 Å². The van der Waals surface area contributed by atoms with Crippen LogP contribution in [0.5, 0.6) is 5.75 Å². The molecule has 0 aliphatic carbocycles. The Bertz CT molecular complexity index is 822. The second kappa shape index (κ2) is 4.73. The first kappa shape index (κ1) is 13.4. The molecule has 0 unspecified atom stereocenters. The minimum Gasteiger partial charge on any atom is -0.508 e. The highest BCUT2D eigenvalue weighted by atomic mass is 16.3. The molecule has 0 aliphatic rings. The molecular formula is C15H17N5O. The second-order valence-electron chi connectivity index (χ2n) is 5.24. The van der Waals surface area contributed by atoms with Crippen molar-refractivity contribution in [3.8, 4) is 11.4 Å². The van der Waals surface area contributed by atoms with E-state index in [9.17, 15) is 5.11 Å². The van der Waals surface area contributed by atoms with E-state index >= 15 is 0 Å². The third-order valence-electron chi connectivity index (χ3n) is 3.48. The summed E-state index contributed by atoms with van der Waals surface area (Å²) in [7, 11) is 3.84. The number of aromatic hydroxyl groups is 1. The molecule has 0 saturated carbocycles. The third-order valence-corrected chi connectivity index (χ3v) is 3.48. The van der Waals surface area contributed by atoms with Crippen molar-refractivity contribution >= 4 is 16.7 Å². The van der Waals surface area contributed by atoms with Gasteiger partial charge in [0.15, 0.2) is 5.82 Å². The first-order chi connectivity index (χ1) is 9.99. The topological polar surface area (TPSA) is 67.1 Å². The Kier molecular flexibility index (Phi) is 3.01. The smallest absolute Gasteiger partial charge is 0.179 e. The Morgan fingerprint density at radius 1 is 1.14 bits per heavy atom. The van der Waals surface area contributed by atoms with Gasteiger partial charge < -0.3 is 10.0 Å². The molecule has 0 atom stereocenters. The Hall–Kier alpha value is -2.63. The number of aryl methyl sites for hydroxylation is 2. The van der Waals surface area contributed by atoms with E-state index in [1.807, 2.05) is 43.6 Å². The van der Waals surface area contributed by atoms with Crippen molar-refractivity contribution in [2.45, 2.75) is 13.8 Å². The quantitative estimate of drug-likeness (QED) is 0.781. The van der Waals surface area contributed by atoms with Crippen LogP contribution in [0.4, 0.5) is 5.82 Å². The maximum Gasteiger partial charge on any atom is 0.179 e. The molecule has 6 heteroatoms. The highest BCUT2D eigenvalue weighted by molar-refractivity contribution is 5.92. The van der Waals surface area contributed by atoms with Crippen molar-refractivity contribution in [2.24, 2.45) is 0 Å². The molecule has 0 aliphatic heterocycles. The Balaban J connectivity index is 2.34. The number of nitrogens with zero attached hydrogens (tertiary/aromatic N) is 5. The summed E-state index contributed by atoms with van der Waals surface area (Å²) in [4.78, 5) is 1.90. The Morgan fingerprint density at radius 3 is 2.57 bits per heavy atom. The number of aromatic nitrogens is 4. The van der Waals surface area contributed by atoms with Crippen LogP contribution in [-0.2, 0) is 0 Å². The first-order valence-corrected chi connectivity index (χ1v) is 6.68. The lowest BCUT2D eigenvalue weighted by Crippen LogP contribution is -2.12. The number of rotatable bonds is 2. The molecule has 108 valence electrons. The lowest BCUT2D eigenvalue weighted by atomic mass is 10.2. The van der Waals surface area contributed by atoms with Crippen LogP contribution >= 0.6 is 0 Å². The first-order valence-electron chi connectivity index (χ1n) is 6.68. The highest BCUT2D eigenvalue weighted by Crippen LogP contribution is 2.28. The number of hydrogen-bond donors (Lipinski definition) is 1. The summed E-state index contributed by atoms with van der Waals surface area (Å²) in [5, 5.41) is 23.8. The van der Waals surface area contributed by atoms with Crippen molar-refractivity contribution in [3.63, 3.8) is 0 Å². The molecule has 0 bridgehead atoms. The normalized spacial score (nSPS) is 11.0. The van der Waals surface area contributed by atoms with Crippen LogP contribution in [0.15, 0.2) is 24.3 Å². The molecule has 2 aromatic heterocycles. The summed E-state index contributed by atoms with van der Waals surface area (Å²) in [5.74, 6) is 0.949. The molecule has 3 aromatic rings. The predicted octanol–water partition coefficient (Wildman–Crippen LogP) is 2.20. The SMILES string of the molecule is Cc1nnc(N(C)C)c2nn(-c3cccc(O)c3)c(C)c12. The zero-order chi connectivity index (χ0) is 15.1. The fraction of sp³-hybridized carbons (Fsp3) is 0.267. The fourth-order valence-electron chi connectivity index (χ4n) is 2.49. The van der Waals surface area contributed by atoms with Crippen molar-refractivity contribution in [3.05, 3.63) is 35.7 Å². The van der Waals surface area contributed by atoms with Crippen LogP contribution in [0.25, 0.3) is 16.6 Å². The zero-order valence-corrected chi connectivity index (χ0v) is 12.5. The van der Waals surface area contributed by atoms with Gasteiger partial charge in [0.1, 0.15) is 11.3 Å². The summed E-state index contributed by atoms with van der Waals surface area (Å²) in [6, 6.07) is 7.03. The number of anilines is 1. The Morgan fingerprint density at radius 2 is 1.90 bits per heavy atom. The number of phenolic OH excluding ortho intramolecular Hbond substituents is 1. The number of phenols is 1. The van der Waals surface area contributed by atoms with Gasteiger partial charge in [0.05, 0.1) is 22.5 Å². The van der Waals surface area contributed by atoms with Gasteiger partial charge in [-0.25, -0.2) is 4.68 Å². The zero-order valence-electron chi connectivity index (χ0n) is 12.5. The lowest BCUT2D eigenvalue weighted by molar-refractivity contribution is 0.475. The maximum atomic E-state index is 9.66. The van der Waals surface area contributed by atoms with E-state index in [4.69, 9.17) is 0 Å². The highest BCUT2D eigenvalue weighted by Gasteiger charge is 2.17. The molecule has 0 radical (unpaired) electrons. The van der Waals surface area contributed by atoms with Crippen molar-refractivity contribution in [1.82, 2.24) is 20.0 Å². The van der Waals surface area contributed by atoms with E-state index < -0.39 is 0 Å². The summed E-state index contributed by atoms with van der Waals surface area (Å²) in [6.07, 6.45) is 0. The molecule has 0 amide bonds. The molecule has 21 heavy (non-hydrogen) atoms. The predicted molar refractivity (Wildman–Crippen MR) is 82.1 cm³/mol. The molecule has 1 N–H and O–H groups in total. The van der Waals surface area contributed by atoms with Crippen LogP contribution in [0.3, 0.4) is 0 Å². The molecule has 6 nitrogen and oxygen atoms in total. The van der Waals surface area contributed by atoms with E-state index in [1.165, 1.54) is 0 Å². The van der Waals surface area contributed by atoms with Crippen molar-refractivity contribution in [1.29, 1.82) is 0 Å². The van der Waals surface area contributed by atoms with Gasteiger partial charge in [-0.2, -0.15) is 10.2 Å². The van der Waals surface area contributed by atoms with Crippen LogP contribution < -0.4 is 4.90 Å². The average molecular weight is 283 g/mol. The summed E-state index contributed by atoms with van der Waals surface area (Å²) in [6.45, 7) is 3.92. The maximum absolute atomic E-state index is 9.66. The summed E-state index contributed by atoms with van der Waals surface area (Å²) >= 11 is 0. The number of hydrogen-bond acceptors (Lipinski definition) is 5. The summed E-state index contributed by atoms with van der Waals surface area (Å²) < 4.78 is 1.81. The molecule has 0 saturated heterocycles. The standard InChI is InChI=1S/C15H17N5O/c1-9-13-10(2)20(11-6-5-7-12(21)8-11)18-14(13)15(17-16-9)19(3)4/h5-8,21H,1-4H3.